The Kier molecular flexibility index (Phi) is 3.36. The highest BCUT2D eigenvalue weighted by atomic mass is 16.5. The smallest absolute Gasteiger partial charge is 0.0509 e. The fourth-order valence-corrected chi connectivity index (χ4v) is 3.03. The van der Waals surface area contributed by atoms with E-state index in [4.69, 9.17) is 4.74 Å². The van der Waals surface area contributed by atoms with Crippen LogP contribution in [0, 0.1) is 11.3 Å². The van der Waals surface area contributed by atoms with Crippen LogP contribution in [0.3, 0.4) is 0 Å². The number of hydrogen-bond donors (Lipinski definition) is 1. The quantitative estimate of drug-likeness (QED) is 0.774. The molecule has 2 aliphatic rings. The van der Waals surface area contributed by atoms with Crippen molar-refractivity contribution in [3.63, 3.8) is 0 Å². The van der Waals surface area contributed by atoms with E-state index in [-0.39, 0.29) is 0 Å². The van der Waals surface area contributed by atoms with Gasteiger partial charge in [-0.05, 0) is 43.9 Å². The fraction of sp³-hybridized carbons (Fsp3) is 1.00. The Hall–Kier alpha value is -0.0800. The van der Waals surface area contributed by atoms with Gasteiger partial charge in [0.25, 0.3) is 0 Å². The minimum atomic E-state index is 0.559. The average Bonchev–Trinajstić information content (AvgIpc) is 2.74. The lowest BCUT2D eigenvalue weighted by Crippen LogP contribution is -2.40. The van der Waals surface area contributed by atoms with Gasteiger partial charge in [0.1, 0.15) is 0 Å². The highest BCUT2D eigenvalue weighted by molar-refractivity contribution is 4.89. The molecule has 2 nitrogen and oxygen atoms in total. The molecular weight excluding hydrogens is 186 g/mol. The van der Waals surface area contributed by atoms with Crippen molar-refractivity contribution in [2.45, 2.75) is 58.5 Å². The third-order valence-electron chi connectivity index (χ3n) is 4.14. The summed E-state index contributed by atoms with van der Waals surface area (Å²) < 4.78 is 5.44. The van der Waals surface area contributed by atoms with Crippen LogP contribution in [0.25, 0.3) is 0 Å². The summed E-state index contributed by atoms with van der Waals surface area (Å²) in [6.45, 7) is 9.03. The lowest BCUT2D eigenvalue weighted by molar-refractivity contribution is 0.176. The molecule has 2 fully saturated rings. The van der Waals surface area contributed by atoms with Gasteiger partial charge >= 0.3 is 0 Å². The summed E-state index contributed by atoms with van der Waals surface area (Å²) in [6.07, 6.45) is 5.30. The molecule has 1 heterocycles. The molecule has 2 heteroatoms. The number of nitrogens with one attached hydrogen (secondary N) is 1. The van der Waals surface area contributed by atoms with Gasteiger partial charge in [0, 0.05) is 18.7 Å². The Bertz CT molecular complexity index is 209. The van der Waals surface area contributed by atoms with Crippen LogP contribution in [-0.4, -0.2) is 25.3 Å². The standard InChI is InChI=1S/C13H25NO/c1-10(11-5-7-15-9-11)14-12-4-6-13(2,3)8-12/h10-12,14H,4-9H2,1-3H3. The monoisotopic (exact) mass is 211 g/mol. The maximum atomic E-state index is 5.44. The normalized spacial score (nSPS) is 37.0. The lowest BCUT2D eigenvalue weighted by atomic mass is 9.91. The van der Waals surface area contributed by atoms with Crippen LogP contribution in [0.5, 0.6) is 0 Å². The van der Waals surface area contributed by atoms with Gasteiger partial charge in [0.15, 0.2) is 0 Å². The molecule has 0 aromatic carbocycles. The summed E-state index contributed by atoms with van der Waals surface area (Å²) in [7, 11) is 0. The van der Waals surface area contributed by atoms with Crippen LogP contribution >= 0.6 is 0 Å². The SMILES string of the molecule is CC(NC1CCC(C)(C)C1)C1CCOC1. The Morgan fingerprint density at radius 2 is 2.13 bits per heavy atom. The molecule has 15 heavy (non-hydrogen) atoms. The first kappa shape index (κ1) is 11.4. The van der Waals surface area contributed by atoms with Crippen molar-refractivity contribution >= 4 is 0 Å². The maximum absolute atomic E-state index is 5.44. The van der Waals surface area contributed by atoms with Gasteiger partial charge in [0.05, 0.1) is 6.61 Å². The molecule has 3 atom stereocenters. The van der Waals surface area contributed by atoms with Crippen molar-refractivity contribution in [2.75, 3.05) is 13.2 Å². The summed E-state index contributed by atoms with van der Waals surface area (Å²) in [5.41, 5.74) is 0.559. The summed E-state index contributed by atoms with van der Waals surface area (Å²) in [5, 5.41) is 3.80. The third-order valence-corrected chi connectivity index (χ3v) is 4.14. The summed E-state index contributed by atoms with van der Waals surface area (Å²) in [5.74, 6) is 0.744. The molecule has 3 unspecified atom stereocenters. The predicted octanol–water partition coefficient (Wildman–Crippen LogP) is 2.58. The van der Waals surface area contributed by atoms with Crippen LogP contribution in [0.15, 0.2) is 0 Å². The van der Waals surface area contributed by atoms with Crippen molar-refractivity contribution in [3.05, 3.63) is 0 Å². The maximum Gasteiger partial charge on any atom is 0.0509 e. The van der Waals surface area contributed by atoms with Gasteiger partial charge in [0.2, 0.25) is 0 Å². The highest BCUT2D eigenvalue weighted by Gasteiger charge is 2.33. The van der Waals surface area contributed by atoms with E-state index < -0.39 is 0 Å². The Balaban J connectivity index is 1.77. The number of hydrogen-bond acceptors (Lipinski definition) is 2. The second-order valence-corrected chi connectivity index (χ2v) is 6.18. The van der Waals surface area contributed by atoms with E-state index in [0.717, 1.165) is 25.2 Å². The van der Waals surface area contributed by atoms with Crippen LogP contribution < -0.4 is 5.32 Å². The fourth-order valence-electron chi connectivity index (χ4n) is 3.03. The summed E-state index contributed by atoms with van der Waals surface area (Å²) >= 11 is 0. The number of rotatable bonds is 3. The van der Waals surface area contributed by atoms with E-state index in [2.05, 4.69) is 26.1 Å². The topological polar surface area (TPSA) is 21.3 Å². The highest BCUT2D eigenvalue weighted by Crippen LogP contribution is 2.37. The van der Waals surface area contributed by atoms with E-state index >= 15 is 0 Å². The minimum absolute atomic E-state index is 0.559. The van der Waals surface area contributed by atoms with Gasteiger partial charge in [-0.2, -0.15) is 0 Å². The predicted molar refractivity (Wildman–Crippen MR) is 62.9 cm³/mol. The number of ether oxygens (including phenoxy) is 1. The second kappa shape index (κ2) is 4.42. The Morgan fingerprint density at radius 3 is 2.67 bits per heavy atom. The van der Waals surface area contributed by atoms with Crippen molar-refractivity contribution in [2.24, 2.45) is 11.3 Å². The molecular formula is C13H25NO. The zero-order valence-corrected chi connectivity index (χ0v) is 10.4. The van der Waals surface area contributed by atoms with E-state index in [1.54, 1.807) is 0 Å². The molecule has 2 rings (SSSR count). The molecule has 1 aliphatic heterocycles. The minimum Gasteiger partial charge on any atom is -0.381 e. The zero-order valence-electron chi connectivity index (χ0n) is 10.4. The third kappa shape index (κ3) is 2.94. The van der Waals surface area contributed by atoms with E-state index in [1.807, 2.05) is 0 Å². The zero-order chi connectivity index (χ0) is 10.9. The van der Waals surface area contributed by atoms with Crippen molar-refractivity contribution in [1.82, 2.24) is 5.32 Å². The summed E-state index contributed by atoms with van der Waals surface area (Å²) in [6, 6.07) is 1.38. The molecule has 0 aromatic heterocycles. The molecule has 0 bridgehead atoms. The van der Waals surface area contributed by atoms with Gasteiger partial charge in [-0.1, -0.05) is 13.8 Å². The Labute approximate surface area is 93.8 Å². The second-order valence-electron chi connectivity index (χ2n) is 6.18. The molecule has 1 aliphatic carbocycles. The van der Waals surface area contributed by atoms with Crippen LogP contribution in [-0.2, 0) is 4.74 Å². The molecule has 1 saturated heterocycles. The molecule has 0 radical (unpaired) electrons. The van der Waals surface area contributed by atoms with Crippen molar-refractivity contribution in [3.8, 4) is 0 Å². The molecule has 0 aromatic rings. The van der Waals surface area contributed by atoms with Gasteiger partial charge in [-0.25, -0.2) is 0 Å². The van der Waals surface area contributed by atoms with Crippen LogP contribution in [0.4, 0.5) is 0 Å². The first-order valence-corrected chi connectivity index (χ1v) is 6.41. The molecule has 1 saturated carbocycles. The van der Waals surface area contributed by atoms with Gasteiger partial charge in [-0.15, -0.1) is 0 Å². The first-order chi connectivity index (χ1) is 7.07. The van der Waals surface area contributed by atoms with Crippen LogP contribution in [0.2, 0.25) is 0 Å². The molecule has 88 valence electrons. The van der Waals surface area contributed by atoms with E-state index in [1.165, 1.54) is 25.7 Å². The van der Waals surface area contributed by atoms with Crippen molar-refractivity contribution in [1.29, 1.82) is 0 Å². The Morgan fingerprint density at radius 1 is 1.33 bits per heavy atom. The summed E-state index contributed by atoms with van der Waals surface area (Å²) in [4.78, 5) is 0. The van der Waals surface area contributed by atoms with Crippen molar-refractivity contribution < 1.29 is 4.74 Å². The van der Waals surface area contributed by atoms with E-state index in [0.29, 0.717) is 11.5 Å². The van der Waals surface area contributed by atoms with E-state index in [9.17, 15) is 0 Å². The van der Waals surface area contributed by atoms with Gasteiger partial charge in [-0.3, -0.25) is 0 Å². The molecule has 1 N–H and O–H groups in total. The molecule has 0 spiro atoms. The average molecular weight is 211 g/mol. The first-order valence-electron chi connectivity index (χ1n) is 6.41. The van der Waals surface area contributed by atoms with Crippen LogP contribution in [0.1, 0.15) is 46.5 Å². The largest absolute Gasteiger partial charge is 0.381 e. The lowest BCUT2D eigenvalue weighted by Gasteiger charge is -2.25. The molecule has 0 amide bonds. The van der Waals surface area contributed by atoms with Gasteiger partial charge < -0.3 is 10.1 Å².